The summed E-state index contributed by atoms with van der Waals surface area (Å²) >= 11 is 0. The molecule has 0 radical (unpaired) electrons. The summed E-state index contributed by atoms with van der Waals surface area (Å²) in [5.41, 5.74) is 0. The lowest BCUT2D eigenvalue weighted by Gasteiger charge is -2.35. The SMILES string of the molecule is CC(O)CN1CCN(C(=O)CC2C=CCC2)CC1. The maximum absolute atomic E-state index is 12.1. The molecule has 2 rings (SSSR count). The van der Waals surface area contributed by atoms with Gasteiger partial charge in [-0.05, 0) is 25.7 Å². The van der Waals surface area contributed by atoms with Crippen LogP contribution in [0, 0.1) is 5.92 Å². The molecule has 18 heavy (non-hydrogen) atoms. The van der Waals surface area contributed by atoms with E-state index in [1.807, 2.05) is 11.8 Å². The second-order valence-electron chi connectivity index (χ2n) is 5.50. The molecule has 1 fully saturated rings. The predicted molar refractivity (Wildman–Crippen MR) is 71.2 cm³/mol. The highest BCUT2D eigenvalue weighted by Crippen LogP contribution is 2.21. The Morgan fingerprint density at radius 2 is 2.11 bits per heavy atom. The third-order valence-electron chi connectivity index (χ3n) is 3.80. The largest absolute Gasteiger partial charge is 0.392 e. The Morgan fingerprint density at radius 3 is 2.67 bits per heavy atom. The smallest absolute Gasteiger partial charge is 0.223 e. The first-order chi connectivity index (χ1) is 8.65. The molecule has 1 aliphatic heterocycles. The van der Waals surface area contributed by atoms with Gasteiger partial charge in [0, 0.05) is 39.1 Å². The molecule has 4 nitrogen and oxygen atoms in total. The van der Waals surface area contributed by atoms with Crippen LogP contribution in [0.5, 0.6) is 0 Å². The van der Waals surface area contributed by atoms with E-state index in [1.54, 1.807) is 0 Å². The van der Waals surface area contributed by atoms with Crippen LogP contribution >= 0.6 is 0 Å². The number of aliphatic hydroxyl groups is 1. The van der Waals surface area contributed by atoms with E-state index >= 15 is 0 Å². The van der Waals surface area contributed by atoms with Crippen LogP contribution in [0.3, 0.4) is 0 Å². The van der Waals surface area contributed by atoms with E-state index in [1.165, 1.54) is 0 Å². The number of carbonyl (C=O) groups excluding carboxylic acids is 1. The molecule has 1 heterocycles. The average Bonchev–Trinajstić information content (AvgIpc) is 2.82. The maximum Gasteiger partial charge on any atom is 0.223 e. The zero-order valence-electron chi connectivity index (χ0n) is 11.2. The number of β-amino-alcohol motifs (C(OH)–C–C–N with tert-alkyl or cyclic N) is 1. The van der Waals surface area contributed by atoms with Gasteiger partial charge in [0.15, 0.2) is 0 Å². The number of rotatable bonds is 4. The second kappa shape index (κ2) is 6.34. The van der Waals surface area contributed by atoms with Gasteiger partial charge in [0.2, 0.25) is 5.91 Å². The minimum Gasteiger partial charge on any atom is -0.392 e. The number of hydrogen-bond donors (Lipinski definition) is 1. The number of nitrogens with zero attached hydrogens (tertiary/aromatic N) is 2. The Labute approximate surface area is 109 Å². The van der Waals surface area contributed by atoms with Gasteiger partial charge in [-0.15, -0.1) is 0 Å². The van der Waals surface area contributed by atoms with E-state index in [0.29, 0.717) is 24.8 Å². The number of aliphatic hydroxyl groups excluding tert-OH is 1. The quantitative estimate of drug-likeness (QED) is 0.755. The van der Waals surface area contributed by atoms with Crippen LogP contribution in [0.25, 0.3) is 0 Å². The Bertz CT molecular complexity index is 307. The van der Waals surface area contributed by atoms with Crippen LogP contribution in [0.1, 0.15) is 26.2 Å². The average molecular weight is 252 g/mol. The summed E-state index contributed by atoms with van der Waals surface area (Å²) < 4.78 is 0. The van der Waals surface area contributed by atoms with E-state index in [9.17, 15) is 9.90 Å². The van der Waals surface area contributed by atoms with Gasteiger partial charge in [-0.2, -0.15) is 0 Å². The molecule has 4 heteroatoms. The third kappa shape index (κ3) is 3.82. The lowest BCUT2D eigenvalue weighted by Crippen LogP contribution is -2.50. The molecule has 0 saturated carbocycles. The van der Waals surface area contributed by atoms with Gasteiger partial charge >= 0.3 is 0 Å². The first-order valence-electron chi connectivity index (χ1n) is 7.00. The molecule has 1 N–H and O–H groups in total. The van der Waals surface area contributed by atoms with Gasteiger partial charge in [-0.3, -0.25) is 9.69 Å². The van der Waals surface area contributed by atoms with Crippen LogP contribution in [0.4, 0.5) is 0 Å². The summed E-state index contributed by atoms with van der Waals surface area (Å²) in [6.07, 6.45) is 7.01. The number of carbonyl (C=O) groups is 1. The normalized spacial score (nSPS) is 26.6. The van der Waals surface area contributed by atoms with Crippen molar-refractivity contribution in [3.05, 3.63) is 12.2 Å². The van der Waals surface area contributed by atoms with Gasteiger partial charge < -0.3 is 10.0 Å². The van der Waals surface area contributed by atoms with Crippen molar-refractivity contribution < 1.29 is 9.90 Å². The summed E-state index contributed by atoms with van der Waals surface area (Å²) in [7, 11) is 0. The summed E-state index contributed by atoms with van der Waals surface area (Å²) in [4.78, 5) is 16.3. The second-order valence-corrected chi connectivity index (χ2v) is 5.50. The highest BCUT2D eigenvalue weighted by Gasteiger charge is 2.23. The molecule has 0 bridgehead atoms. The number of piperazine rings is 1. The molecule has 0 aromatic heterocycles. The summed E-state index contributed by atoms with van der Waals surface area (Å²) in [6.45, 7) is 5.91. The maximum atomic E-state index is 12.1. The summed E-state index contributed by atoms with van der Waals surface area (Å²) in [5, 5.41) is 9.34. The number of allylic oxidation sites excluding steroid dienone is 2. The van der Waals surface area contributed by atoms with E-state index in [4.69, 9.17) is 0 Å². The molecule has 0 spiro atoms. The molecular formula is C14H24N2O2. The van der Waals surface area contributed by atoms with Gasteiger partial charge in [-0.1, -0.05) is 12.2 Å². The van der Waals surface area contributed by atoms with Crippen molar-refractivity contribution in [3.63, 3.8) is 0 Å². The molecule has 2 aliphatic rings. The highest BCUT2D eigenvalue weighted by molar-refractivity contribution is 5.76. The van der Waals surface area contributed by atoms with E-state index in [-0.39, 0.29) is 6.10 Å². The first kappa shape index (κ1) is 13.6. The van der Waals surface area contributed by atoms with Crippen LogP contribution in [-0.4, -0.2) is 59.6 Å². The van der Waals surface area contributed by atoms with Crippen molar-refractivity contribution in [2.45, 2.75) is 32.3 Å². The van der Waals surface area contributed by atoms with Crippen LogP contribution in [-0.2, 0) is 4.79 Å². The summed E-state index contributed by atoms with van der Waals surface area (Å²) in [6, 6.07) is 0. The van der Waals surface area contributed by atoms with Crippen molar-refractivity contribution in [2.75, 3.05) is 32.7 Å². The monoisotopic (exact) mass is 252 g/mol. The Morgan fingerprint density at radius 1 is 1.39 bits per heavy atom. The molecule has 0 aromatic rings. The standard InChI is InChI=1S/C14H24N2O2/c1-12(17)11-15-6-8-16(9-7-15)14(18)10-13-4-2-3-5-13/h2,4,12-13,17H,3,5-11H2,1H3. The van der Waals surface area contributed by atoms with E-state index < -0.39 is 0 Å². The fourth-order valence-electron chi connectivity index (χ4n) is 2.77. The lowest BCUT2D eigenvalue weighted by molar-refractivity contribution is -0.133. The fraction of sp³-hybridized carbons (Fsp3) is 0.786. The summed E-state index contributed by atoms with van der Waals surface area (Å²) in [5.74, 6) is 0.760. The van der Waals surface area contributed by atoms with Crippen molar-refractivity contribution in [2.24, 2.45) is 5.92 Å². The lowest BCUT2D eigenvalue weighted by atomic mass is 10.0. The highest BCUT2D eigenvalue weighted by atomic mass is 16.3. The molecule has 0 aromatic carbocycles. The Balaban J connectivity index is 1.71. The third-order valence-corrected chi connectivity index (χ3v) is 3.80. The fourth-order valence-corrected chi connectivity index (χ4v) is 2.77. The van der Waals surface area contributed by atoms with Gasteiger partial charge in [0.25, 0.3) is 0 Å². The molecule has 2 unspecified atom stereocenters. The van der Waals surface area contributed by atoms with Crippen molar-refractivity contribution >= 4 is 5.91 Å². The molecule has 2 atom stereocenters. The van der Waals surface area contributed by atoms with Gasteiger partial charge in [-0.25, -0.2) is 0 Å². The minimum absolute atomic E-state index is 0.282. The van der Waals surface area contributed by atoms with E-state index in [0.717, 1.165) is 39.0 Å². The van der Waals surface area contributed by atoms with Crippen molar-refractivity contribution in [1.82, 2.24) is 9.80 Å². The van der Waals surface area contributed by atoms with Crippen LogP contribution < -0.4 is 0 Å². The molecule has 1 saturated heterocycles. The van der Waals surface area contributed by atoms with Crippen LogP contribution in [0.2, 0.25) is 0 Å². The number of amides is 1. The Hall–Kier alpha value is -0.870. The van der Waals surface area contributed by atoms with E-state index in [2.05, 4.69) is 17.1 Å². The first-order valence-corrected chi connectivity index (χ1v) is 7.00. The zero-order valence-corrected chi connectivity index (χ0v) is 11.2. The van der Waals surface area contributed by atoms with Crippen molar-refractivity contribution in [1.29, 1.82) is 0 Å². The van der Waals surface area contributed by atoms with Crippen LogP contribution in [0.15, 0.2) is 12.2 Å². The van der Waals surface area contributed by atoms with Gasteiger partial charge in [0.05, 0.1) is 6.10 Å². The number of hydrogen-bond acceptors (Lipinski definition) is 3. The molecular weight excluding hydrogens is 228 g/mol. The molecule has 1 amide bonds. The molecule has 102 valence electrons. The topological polar surface area (TPSA) is 43.8 Å². The zero-order chi connectivity index (χ0) is 13.0. The van der Waals surface area contributed by atoms with Crippen molar-refractivity contribution in [3.8, 4) is 0 Å². The minimum atomic E-state index is -0.282. The molecule has 1 aliphatic carbocycles. The van der Waals surface area contributed by atoms with Gasteiger partial charge in [0.1, 0.15) is 0 Å². The predicted octanol–water partition coefficient (Wildman–Crippen LogP) is 0.868. The Kier molecular flexibility index (Phi) is 4.78.